The van der Waals surface area contributed by atoms with Gasteiger partial charge in [-0.15, -0.1) is 0 Å². The van der Waals surface area contributed by atoms with E-state index in [2.05, 4.69) is 23.9 Å². The first-order valence-corrected chi connectivity index (χ1v) is 6.78. The van der Waals surface area contributed by atoms with Gasteiger partial charge in [-0.05, 0) is 30.4 Å². The molecule has 18 heavy (non-hydrogen) atoms. The lowest BCUT2D eigenvalue weighted by Crippen LogP contribution is -2.14. The van der Waals surface area contributed by atoms with E-state index in [0.29, 0.717) is 11.8 Å². The highest BCUT2D eigenvalue weighted by Gasteiger charge is 2.21. The van der Waals surface area contributed by atoms with Crippen molar-refractivity contribution in [2.45, 2.75) is 51.4 Å². The fourth-order valence-electron chi connectivity index (χ4n) is 2.75. The second kappa shape index (κ2) is 4.26. The number of pyridine rings is 1. The Morgan fingerprint density at radius 2 is 2.06 bits per heavy atom. The van der Waals surface area contributed by atoms with Gasteiger partial charge in [0, 0.05) is 12.0 Å². The maximum Gasteiger partial charge on any atom is 0.271 e. The van der Waals surface area contributed by atoms with E-state index in [1.54, 1.807) is 10.6 Å². The summed E-state index contributed by atoms with van der Waals surface area (Å²) < 4.78 is 1.57. The van der Waals surface area contributed by atoms with Crippen molar-refractivity contribution in [3.05, 3.63) is 33.9 Å². The van der Waals surface area contributed by atoms with Crippen molar-refractivity contribution in [2.24, 2.45) is 0 Å². The van der Waals surface area contributed by atoms with Gasteiger partial charge in [0.15, 0.2) is 5.65 Å². The molecule has 0 radical (unpaired) electrons. The smallest absolute Gasteiger partial charge is 0.271 e. The molecule has 0 bridgehead atoms. The topological polar surface area (TPSA) is 50.2 Å². The van der Waals surface area contributed by atoms with Crippen LogP contribution < -0.4 is 5.56 Å². The summed E-state index contributed by atoms with van der Waals surface area (Å²) in [6.45, 7) is 4.19. The highest BCUT2D eigenvalue weighted by molar-refractivity contribution is 5.41. The first kappa shape index (κ1) is 11.5. The summed E-state index contributed by atoms with van der Waals surface area (Å²) in [4.78, 5) is 16.6. The first-order valence-electron chi connectivity index (χ1n) is 6.78. The molecule has 2 heterocycles. The van der Waals surface area contributed by atoms with Gasteiger partial charge in [-0.25, -0.2) is 9.50 Å². The van der Waals surface area contributed by atoms with Crippen molar-refractivity contribution < 1.29 is 0 Å². The van der Waals surface area contributed by atoms with Crippen LogP contribution in [0.15, 0.2) is 16.9 Å². The number of nitrogens with one attached hydrogen (secondary N) is 1. The van der Waals surface area contributed by atoms with Gasteiger partial charge < -0.3 is 0 Å². The van der Waals surface area contributed by atoms with Crippen LogP contribution >= 0.6 is 0 Å². The van der Waals surface area contributed by atoms with E-state index < -0.39 is 0 Å². The fourth-order valence-corrected chi connectivity index (χ4v) is 2.75. The Bertz CT molecular complexity index is 617. The van der Waals surface area contributed by atoms with Crippen LogP contribution in [0.25, 0.3) is 5.65 Å². The summed E-state index contributed by atoms with van der Waals surface area (Å²) in [5.74, 6) is 1.84. The van der Waals surface area contributed by atoms with Gasteiger partial charge in [0.05, 0.1) is 0 Å². The molecular formula is C14H19N3O. The zero-order valence-electron chi connectivity index (χ0n) is 10.9. The van der Waals surface area contributed by atoms with Crippen LogP contribution in [-0.4, -0.2) is 14.6 Å². The third kappa shape index (κ3) is 1.85. The molecule has 0 aromatic carbocycles. The molecule has 0 aliphatic heterocycles. The number of fused-ring (bicyclic) bond motifs is 1. The van der Waals surface area contributed by atoms with Crippen molar-refractivity contribution in [3.63, 3.8) is 0 Å². The van der Waals surface area contributed by atoms with Crippen LogP contribution in [0.4, 0.5) is 0 Å². The Morgan fingerprint density at radius 3 is 2.72 bits per heavy atom. The molecule has 1 aliphatic rings. The van der Waals surface area contributed by atoms with Crippen molar-refractivity contribution in [2.75, 3.05) is 0 Å². The quantitative estimate of drug-likeness (QED) is 0.884. The number of hydrogen-bond acceptors (Lipinski definition) is 2. The minimum atomic E-state index is -0.00653. The Hall–Kier alpha value is -1.58. The average Bonchev–Trinajstić information content (AvgIpc) is 2.96. The van der Waals surface area contributed by atoms with Crippen molar-refractivity contribution in [3.8, 4) is 0 Å². The molecule has 0 unspecified atom stereocenters. The molecule has 0 amide bonds. The Labute approximate surface area is 106 Å². The van der Waals surface area contributed by atoms with E-state index in [-0.39, 0.29) is 5.56 Å². The zero-order valence-corrected chi connectivity index (χ0v) is 10.9. The van der Waals surface area contributed by atoms with Gasteiger partial charge >= 0.3 is 0 Å². The summed E-state index contributed by atoms with van der Waals surface area (Å²) in [6.07, 6.45) is 4.92. The molecule has 1 aliphatic carbocycles. The lowest BCUT2D eigenvalue weighted by atomic mass is 10.1. The summed E-state index contributed by atoms with van der Waals surface area (Å²) in [5.41, 5.74) is 1.81. The van der Waals surface area contributed by atoms with Crippen LogP contribution in [0, 0.1) is 0 Å². The average molecular weight is 245 g/mol. The highest BCUT2D eigenvalue weighted by Crippen LogP contribution is 2.32. The monoisotopic (exact) mass is 245 g/mol. The number of nitrogens with zero attached hydrogens (tertiary/aromatic N) is 2. The number of H-pyrrole nitrogens is 1. The van der Waals surface area contributed by atoms with Crippen molar-refractivity contribution in [1.29, 1.82) is 0 Å². The summed E-state index contributed by atoms with van der Waals surface area (Å²) in [7, 11) is 0. The van der Waals surface area contributed by atoms with E-state index in [4.69, 9.17) is 0 Å². The second-order valence-corrected chi connectivity index (χ2v) is 5.57. The van der Waals surface area contributed by atoms with Crippen LogP contribution in [0.3, 0.4) is 0 Å². The third-order valence-electron chi connectivity index (χ3n) is 3.91. The summed E-state index contributed by atoms with van der Waals surface area (Å²) in [5, 5.41) is 3.16. The molecule has 0 saturated heterocycles. The number of hydrogen-bond donors (Lipinski definition) is 1. The maximum atomic E-state index is 12.0. The van der Waals surface area contributed by atoms with Gasteiger partial charge in [0.2, 0.25) is 0 Å². The van der Waals surface area contributed by atoms with E-state index in [1.165, 1.54) is 25.7 Å². The number of rotatable bonds is 2. The van der Waals surface area contributed by atoms with E-state index in [1.807, 2.05) is 6.07 Å². The van der Waals surface area contributed by atoms with Crippen molar-refractivity contribution in [1.82, 2.24) is 14.6 Å². The Kier molecular flexibility index (Phi) is 2.73. The second-order valence-electron chi connectivity index (χ2n) is 5.57. The van der Waals surface area contributed by atoms with Crippen LogP contribution in [0.2, 0.25) is 0 Å². The predicted molar refractivity (Wildman–Crippen MR) is 71.1 cm³/mol. The predicted octanol–water partition coefficient (Wildman–Crippen LogP) is 2.80. The van der Waals surface area contributed by atoms with E-state index >= 15 is 0 Å². The molecule has 3 rings (SSSR count). The molecule has 4 nitrogen and oxygen atoms in total. The molecule has 96 valence electrons. The zero-order chi connectivity index (χ0) is 12.7. The fraction of sp³-hybridized carbons (Fsp3) is 0.571. The summed E-state index contributed by atoms with van der Waals surface area (Å²) >= 11 is 0. The first-order chi connectivity index (χ1) is 8.65. The largest absolute Gasteiger partial charge is 0.276 e. The van der Waals surface area contributed by atoms with Crippen LogP contribution in [0.1, 0.15) is 62.8 Å². The Morgan fingerprint density at radius 1 is 1.33 bits per heavy atom. The number of aromatic amines is 1. The van der Waals surface area contributed by atoms with Gasteiger partial charge in [0.1, 0.15) is 5.82 Å². The molecule has 2 aromatic heterocycles. The molecule has 2 aromatic rings. The summed E-state index contributed by atoms with van der Waals surface area (Å²) in [6, 6.07) is 3.72. The van der Waals surface area contributed by atoms with Gasteiger partial charge in [0.25, 0.3) is 5.56 Å². The highest BCUT2D eigenvalue weighted by atomic mass is 16.1. The van der Waals surface area contributed by atoms with E-state index in [0.717, 1.165) is 17.0 Å². The van der Waals surface area contributed by atoms with Gasteiger partial charge in [-0.1, -0.05) is 26.7 Å². The van der Waals surface area contributed by atoms with Crippen molar-refractivity contribution >= 4 is 5.65 Å². The third-order valence-corrected chi connectivity index (χ3v) is 3.91. The molecule has 0 spiro atoms. The molecule has 1 saturated carbocycles. The normalized spacial score (nSPS) is 17.1. The number of aromatic nitrogens is 3. The van der Waals surface area contributed by atoms with Crippen LogP contribution in [-0.2, 0) is 0 Å². The minimum absolute atomic E-state index is 0.00653. The molecular weight excluding hydrogens is 226 g/mol. The minimum Gasteiger partial charge on any atom is -0.276 e. The molecule has 0 atom stereocenters. The molecule has 4 heteroatoms. The molecule has 1 fully saturated rings. The standard InChI is InChI=1S/C14H19N3O/c1-9(2)11-7-12-15-14(10-5-3-4-6-10)16-17(12)13(18)8-11/h7-10H,3-6H2,1-2H3,(H,15,16). The van der Waals surface area contributed by atoms with Gasteiger partial charge in [-0.2, -0.15) is 0 Å². The van der Waals surface area contributed by atoms with Gasteiger partial charge in [-0.3, -0.25) is 9.89 Å². The Balaban J connectivity index is 2.10. The maximum absolute atomic E-state index is 12.0. The molecule has 1 N–H and O–H groups in total. The van der Waals surface area contributed by atoms with Crippen LogP contribution in [0.5, 0.6) is 0 Å². The lowest BCUT2D eigenvalue weighted by Gasteiger charge is -2.03. The SMILES string of the molecule is CC(C)c1cc(=O)n2[nH]c(C3CCCC3)nc2c1. The van der Waals surface area contributed by atoms with E-state index in [9.17, 15) is 4.79 Å². The lowest BCUT2D eigenvalue weighted by molar-refractivity contribution is 0.663.